The predicted octanol–water partition coefficient (Wildman–Crippen LogP) is 2.09. The van der Waals surface area contributed by atoms with Gasteiger partial charge in [-0.1, -0.05) is 0 Å². The monoisotopic (exact) mass is 271 g/mol. The van der Waals surface area contributed by atoms with Gasteiger partial charge in [-0.3, -0.25) is 15.1 Å². The molecule has 0 aliphatic rings. The summed E-state index contributed by atoms with van der Waals surface area (Å²) in [5, 5.41) is 5.68. The molecular weight excluding hydrogens is 254 g/mol. The minimum absolute atomic E-state index is 0.285. The lowest BCUT2D eigenvalue weighted by Gasteiger charge is -2.10. The smallest absolute Gasteiger partial charge is 0.261 e. The van der Waals surface area contributed by atoms with E-state index in [4.69, 9.17) is 0 Å². The Bertz CT molecular complexity index is 634. The fourth-order valence-corrected chi connectivity index (χ4v) is 1.90. The summed E-state index contributed by atoms with van der Waals surface area (Å²) in [4.78, 5) is 24.8. The molecule has 20 heavy (non-hydrogen) atoms. The predicted molar refractivity (Wildman–Crippen MR) is 78.0 cm³/mol. The Kier molecular flexibility index (Phi) is 3.93. The topological polar surface area (TPSA) is 79.8 Å². The summed E-state index contributed by atoms with van der Waals surface area (Å²) in [6.45, 7) is 5.59. The molecule has 0 bridgehead atoms. The minimum atomic E-state index is -0.285. The fraction of sp³-hybridized carbons (Fsp3) is 0.286. The van der Waals surface area contributed by atoms with Crippen LogP contribution in [0.25, 0.3) is 0 Å². The van der Waals surface area contributed by atoms with Crippen molar-refractivity contribution in [3.8, 4) is 0 Å². The van der Waals surface area contributed by atoms with E-state index in [0.717, 1.165) is 22.8 Å². The molecule has 6 nitrogen and oxygen atoms in total. The summed E-state index contributed by atoms with van der Waals surface area (Å²) in [6, 6.07) is 3.67. The summed E-state index contributed by atoms with van der Waals surface area (Å²) in [5.41, 5.74) is 3.64. The third-order valence-electron chi connectivity index (χ3n) is 2.76. The number of anilines is 2. The molecule has 0 saturated carbocycles. The van der Waals surface area contributed by atoms with Crippen LogP contribution in [0.15, 0.2) is 18.3 Å². The van der Waals surface area contributed by atoms with Gasteiger partial charge in [0.15, 0.2) is 0 Å². The third-order valence-corrected chi connectivity index (χ3v) is 2.76. The van der Waals surface area contributed by atoms with Crippen molar-refractivity contribution in [1.29, 1.82) is 0 Å². The van der Waals surface area contributed by atoms with Crippen LogP contribution in [0, 0.1) is 20.8 Å². The number of nitrogens with one attached hydrogen (secondary N) is 2. The van der Waals surface area contributed by atoms with Gasteiger partial charge in [-0.2, -0.15) is 0 Å². The first-order valence-corrected chi connectivity index (χ1v) is 6.27. The lowest BCUT2D eigenvalue weighted by molar-refractivity contribution is 0.102. The molecule has 2 aromatic heterocycles. The van der Waals surface area contributed by atoms with Crippen LogP contribution in [0.5, 0.6) is 0 Å². The average molecular weight is 271 g/mol. The zero-order valence-electron chi connectivity index (χ0n) is 12.0. The molecule has 0 saturated heterocycles. The van der Waals surface area contributed by atoms with Crippen molar-refractivity contribution in [2.24, 2.45) is 0 Å². The molecule has 1 amide bonds. The first kappa shape index (κ1) is 13.9. The molecule has 2 N–H and O–H groups in total. The van der Waals surface area contributed by atoms with E-state index in [1.807, 2.05) is 32.9 Å². The molecule has 6 heteroatoms. The molecule has 0 radical (unpaired) electrons. The van der Waals surface area contributed by atoms with Gasteiger partial charge in [0.2, 0.25) is 5.95 Å². The number of pyridine rings is 1. The van der Waals surface area contributed by atoms with Crippen molar-refractivity contribution in [3.05, 3.63) is 41.0 Å². The van der Waals surface area contributed by atoms with Gasteiger partial charge >= 0.3 is 0 Å². The van der Waals surface area contributed by atoms with E-state index < -0.39 is 0 Å². The second-order valence-corrected chi connectivity index (χ2v) is 4.55. The Balaban J connectivity index is 2.28. The number of carbonyl (C=O) groups is 1. The van der Waals surface area contributed by atoms with Gasteiger partial charge in [-0.05, 0) is 32.9 Å². The molecule has 104 valence electrons. The van der Waals surface area contributed by atoms with Crippen molar-refractivity contribution >= 4 is 17.5 Å². The molecule has 2 aromatic rings. The lowest BCUT2D eigenvalue weighted by atomic mass is 10.2. The van der Waals surface area contributed by atoms with Crippen LogP contribution in [-0.4, -0.2) is 27.9 Å². The molecule has 0 aliphatic heterocycles. The maximum Gasteiger partial charge on any atom is 0.261 e. The summed E-state index contributed by atoms with van der Waals surface area (Å²) in [7, 11) is 1.76. The number of aromatic nitrogens is 3. The minimum Gasteiger partial charge on any atom is -0.387 e. The highest BCUT2D eigenvalue weighted by molar-refractivity contribution is 6.07. The standard InChI is InChI=1S/C14H17N5O/c1-8-6-12(15-4)11(7-16-8)13(20)19-14-17-9(2)5-10(3)18-14/h5-7H,1-4H3,(H,15,16)(H,17,18,19,20). The van der Waals surface area contributed by atoms with Gasteiger partial charge in [-0.15, -0.1) is 0 Å². The van der Waals surface area contributed by atoms with E-state index in [1.54, 1.807) is 13.2 Å². The Morgan fingerprint density at radius 3 is 2.30 bits per heavy atom. The summed E-state index contributed by atoms with van der Waals surface area (Å²) in [6.07, 6.45) is 1.54. The van der Waals surface area contributed by atoms with E-state index in [9.17, 15) is 4.79 Å². The second-order valence-electron chi connectivity index (χ2n) is 4.55. The van der Waals surface area contributed by atoms with Gasteiger partial charge in [0.1, 0.15) is 0 Å². The van der Waals surface area contributed by atoms with Gasteiger partial charge in [0.25, 0.3) is 5.91 Å². The number of hydrogen-bond donors (Lipinski definition) is 2. The van der Waals surface area contributed by atoms with Crippen molar-refractivity contribution in [2.75, 3.05) is 17.7 Å². The molecule has 0 spiro atoms. The number of hydrogen-bond acceptors (Lipinski definition) is 5. The van der Waals surface area contributed by atoms with E-state index in [2.05, 4.69) is 25.6 Å². The highest BCUT2D eigenvalue weighted by Gasteiger charge is 2.13. The summed E-state index contributed by atoms with van der Waals surface area (Å²) < 4.78 is 0. The third kappa shape index (κ3) is 3.09. The number of amides is 1. The molecule has 0 fully saturated rings. The number of aryl methyl sites for hydroxylation is 3. The van der Waals surface area contributed by atoms with Crippen molar-refractivity contribution in [3.63, 3.8) is 0 Å². The van der Waals surface area contributed by atoms with Crippen molar-refractivity contribution in [2.45, 2.75) is 20.8 Å². The van der Waals surface area contributed by atoms with Crippen LogP contribution >= 0.6 is 0 Å². The van der Waals surface area contributed by atoms with E-state index in [1.165, 1.54) is 0 Å². The number of nitrogens with zero attached hydrogens (tertiary/aromatic N) is 3. The SMILES string of the molecule is CNc1cc(C)ncc1C(=O)Nc1nc(C)cc(C)n1. The molecule has 2 rings (SSSR count). The fourth-order valence-electron chi connectivity index (χ4n) is 1.90. The van der Waals surface area contributed by atoms with Gasteiger partial charge < -0.3 is 5.32 Å². The van der Waals surface area contributed by atoms with Gasteiger partial charge in [0, 0.05) is 30.3 Å². The molecule has 0 aromatic carbocycles. The number of carbonyl (C=O) groups excluding carboxylic acids is 1. The van der Waals surface area contributed by atoms with E-state index in [-0.39, 0.29) is 5.91 Å². The van der Waals surface area contributed by atoms with Gasteiger partial charge in [0.05, 0.1) is 11.3 Å². The zero-order chi connectivity index (χ0) is 14.7. The van der Waals surface area contributed by atoms with E-state index >= 15 is 0 Å². The highest BCUT2D eigenvalue weighted by atomic mass is 16.1. The van der Waals surface area contributed by atoms with Crippen LogP contribution in [0.2, 0.25) is 0 Å². The maximum atomic E-state index is 12.3. The lowest BCUT2D eigenvalue weighted by Crippen LogP contribution is -2.17. The summed E-state index contributed by atoms with van der Waals surface area (Å²) >= 11 is 0. The Morgan fingerprint density at radius 1 is 1.05 bits per heavy atom. The van der Waals surface area contributed by atoms with Crippen molar-refractivity contribution < 1.29 is 4.79 Å². The molecule has 2 heterocycles. The van der Waals surface area contributed by atoms with Crippen LogP contribution in [-0.2, 0) is 0 Å². The summed E-state index contributed by atoms with van der Waals surface area (Å²) in [5.74, 6) is 0.0157. The quantitative estimate of drug-likeness (QED) is 0.893. The molecule has 0 atom stereocenters. The van der Waals surface area contributed by atoms with Crippen LogP contribution in [0.4, 0.5) is 11.6 Å². The second kappa shape index (κ2) is 5.64. The zero-order valence-corrected chi connectivity index (χ0v) is 12.0. The highest BCUT2D eigenvalue weighted by Crippen LogP contribution is 2.16. The molecular formula is C14H17N5O. The average Bonchev–Trinajstić information content (AvgIpc) is 2.37. The first-order valence-electron chi connectivity index (χ1n) is 6.27. The molecule has 0 unspecified atom stereocenters. The van der Waals surface area contributed by atoms with Crippen LogP contribution in [0.3, 0.4) is 0 Å². The Morgan fingerprint density at radius 2 is 1.70 bits per heavy atom. The maximum absolute atomic E-state index is 12.3. The van der Waals surface area contributed by atoms with Crippen LogP contribution in [0.1, 0.15) is 27.4 Å². The van der Waals surface area contributed by atoms with Crippen LogP contribution < -0.4 is 10.6 Å². The van der Waals surface area contributed by atoms with E-state index in [0.29, 0.717) is 11.5 Å². The normalized spacial score (nSPS) is 10.2. The van der Waals surface area contributed by atoms with Crippen molar-refractivity contribution in [1.82, 2.24) is 15.0 Å². The first-order chi connectivity index (χ1) is 9.49. The Labute approximate surface area is 117 Å². The van der Waals surface area contributed by atoms with Gasteiger partial charge in [-0.25, -0.2) is 9.97 Å². The molecule has 0 aliphatic carbocycles. The largest absolute Gasteiger partial charge is 0.387 e. The number of rotatable bonds is 3. The Hall–Kier alpha value is -2.50.